The van der Waals surface area contributed by atoms with Gasteiger partial charge in [-0.3, -0.25) is 4.99 Å². The third-order valence-electron chi connectivity index (χ3n) is 3.97. The molecule has 0 bridgehead atoms. The van der Waals surface area contributed by atoms with Gasteiger partial charge in [-0.05, 0) is 23.8 Å². The summed E-state index contributed by atoms with van der Waals surface area (Å²) in [6.45, 7) is 4.22. The molecule has 0 unspecified atom stereocenters. The number of nitrogens with zero attached hydrogens (tertiary/aromatic N) is 5. The minimum Gasteiger partial charge on any atom is -0.352 e. The second-order valence-electron chi connectivity index (χ2n) is 5.55. The van der Waals surface area contributed by atoms with E-state index < -0.39 is 0 Å². The zero-order chi connectivity index (χ0) is 16.8. The van der Waals surface area contributed by atoms with Crippen molar-refractivity contribution in [2.75, 3.05) is 38.1 Å². The smallest absolute Gasteiger partial charge is 0.225 e. The van der Waals surface area contributed by atoms with E-state index in [2.05, 4.69) is 36.1 Å². The molecule has 0 radical (unpaired) electrons. The molecule has 0 spiro atoms. The lowest BCUT2D eigenvalue weighted by molar-refractivity contribution is 0.370. The maximum atomic E-state index is 6.03. The Hall–Kier alpha value is -2.34. The van der Waals surface area contributed by atoms with Gasteiger partial charge in [-0.15, -0.1) is 0 Å². The first kappa shape index (κ1) is 16.5. The summed E-state index contributed by atoms with van der Waals surface area (Å²) in [6.07, 6.45) is 3.56. The third-order valence-corrected chi connectivity index (χ3v) is 4.20. The highest BCUT2D eigenvalue weighted by Crippen LogP contribution is 2.12. The van der Waals surface area contributed by atoms with Crippen LogP contribution in [0.3, 0.4) is 0 Å². The molecular weight excluding hydrogens is 324 g/mol. The number of piperazine rings is 1. The van der Waals surface area contributed by atoms with Crippen molar-refractivity contribution in [2.24, 2.45) is 4.99 Å². The predicted molar refractivity (Wildman–Crippen MR) is 97.5 cm³/mol. The minimum absolute atomic E-state index is 0.704. The largest absolute Gasteiger partial charge is 0.352 e. The number of anilines is 1. The number of rotatable bonds is 3. The standard InChI is InChI=1S/C17H21ClN6/c1-19-16(22-13-14-4-2-5-15(18)12-14)23-8-10-24(11-9-23)17-20-6-3-7-21-17/h2-7,12H,8-11,13H2,1H3,(H,19,22). The Morgan fingerprint density at radius 2 is 1.92 bits per heavy atom. The first-order valence-corrected chi connectivity index (χ1v) is 8.36. The lowest BCUT2D eigenvalue weighted by Gasteiger charge is -2.36. The van der Waals surface area contributed by atoms with Crippen molar-refractivity contribution in [3.8, 4) is 0 Å². The van der Waals surface area contributed by atoms with Gasteiger partial charge in [-0.25, -0.2) is 9.97 Å². The van der Waals surface area contributed by atoms with E-state index in [4.69, 9.17) is 11.6 Å². The maximum Gasteiger partial charge on any atom is 0.225 e. The van der Waals surface area contributed by atoms with E-state index >= 15 is 0 Å². The van der Waals surface area contributed by atoms with E-state index in [0.29, 0.717) is 6.54 Å². The van der Waals surface area contributed by atoms with Crippen molar-refractivity contribution < 1.29 is 0 Å². The molecule has 1 saturated heterocycles. The molecule has 0 saturated carbocycles. The molecule has 1 aromatic heterocycles. The number of aromatic nitrogens is 2. The third kappa shape index (κ3) is 4.14. The maximum absolute atomic E-state index is 6.03. The number of hydrogen-bond donors (Lipinski definition) is 1. The fourth-order valence-corrected chi connectivity index (χ4v) is 2.95. The molecule has 0 aliphatic carbocycles. The molecule has 1 fully saturated rings. The molecule has 6 nitrogen and oxygen atoms in total. The lowest BCUT2D eigenvalue weighted by Crippen LogP contribution is -2.52. The summed E-state index contributed by atoms with van der Waals surface area (Å²) < 4.78 is 0. The SMILES string of the molecule is CN=C(NCc1cccc(Cl)c1)N1CCN(c2ncccn2)CC1. The van der Waals surface area contributed by atoms with E-state index in [1.807, 2.05) is 31.3 Å². The van der Waals surface area contributed by atoms with Crippen molar-refractivity contribution in [1.82, 2.24) is 20.2 Å². The Morgan fingerprint density at radius 3 is 2.58 bits per heavy atom. The number of halogens is 1. The van der Waals surface area contributed by atoms with Gasteiger partial charge in [-0.1, -0.05) is 23.7 Å². The second kappa shape index (κ2) is 7.97. The van der Waals surface area contributed by atoms with Gasteiger partial charge in [-0.2, -0.15) is 0 Å². The highest BCUT2D eigenvalue weighted by Gasteiger charge is 2.20. The molecule has 1 aromatic carbocycles. The summed E-state index contributed by atoms with van der Waals surface area (Å²) in [5.41, 5.74) is 1.14. The summed E-state index contributed by atoms with van der Waals surface area (Å²) in [5, 5.41) is 4.16. The Bertz CT molecular complexity index is 682. The molecule has 1 aliphatic heterocycles. The molecule has 0 atom stereocenters. The molecule has 126 valence electrons. The molecule has 24 heavy (non-hydrogen) atoms. The Morgan fingerprint density at radius 1 is 1.17 bits per heavy atom. The van der Waals surface area contributed by atoms with E-state index in [9.17, 15) is 0 Å². The molecule has 1 aliphatic rings. The van der Waals surface area contributed by atoms with Gasteiger partial charge in [0, 0.05) is 57.2 Å². The van der Waals surface area contributed by atoms with Crippen molar-refractivity contribution in [3.05, 3.63) is 53.3 Å². The number of guanidine groups is 1. The zero-order valence-corrected chi connectivity index (χ0v) is 14.4. The van der Waals surface area contributed by atoms with Crippen molar-refractivity contribution in [2.45, 2.75) is 6.54 Å². The van der Waals surface area contributed by atoms with Crippen LogP contribution in [0.25, 0.3) is 0 Å². The van der Waals surface area contributed by atoms with Gasteiger partial charge in [0.05, 0.1) is 0 Å². The van der Waals surface area contributed by atoms with Crippen LogP contribution >= 0.6 is 11.6 Å². The van der Waals surface area contributed by atoms with Gasteiger partial charge in [0.25, 0.3) is 0 Å². The number of aliphatic imine (C=N–C) groups is 1. The Labute approximate surface area is 147 Å². The fourth-order valence-electron chi connectivity index (χ4n) is 2.73. The van der Waals surface area contributed by atoms with Crippen molar-refractivity contribution >= 4 is 23.5 Å². The average Bonchev–Trinajstić information content (AvgIpc) is 2.64. The molecule has 1 N–H and O–H groups in total. The molecule has 0 amide bonds. The Balaban J connectivity index is 1.54. The highest BCUT2D eigenvalue weighted by molar-refractivity contribution is 6.30. The van der Waals surface area contributed by atoms with Crippen LogP contribution in [0.15, 0.2) is 47.7 Å². The lowest BCUT2D eigenvalue weighted by atomic mass is 10.2. The normalized spacial score (nSPS) is 15.5. The van der Waals surface area contributed by atoms with Crippen LogP contribution in [0.1, 0.15) is 5.56 Å². The van der Waals surface area contributed by atoms with Crippen LogP contribution in [0.2, 0.25) is 5.02 Å². The van der Waals surface area contributed by atoms with Gasteiger partial charge in [0.2, 0.25) is 5.95 Å². The van der Waals surface area contributed by atoms with Crippen LogP contribution in [-0.4, -0.2) is 54.1 Å². The van der Waals surface area contributed by atoms with Gasteiger partial charge < -0.3 is 15.1 Å². The molecule has 2 aromatic rings. The summed E-state index contributed by atoms with van der Waals surface area (Å²) in [6, 6.07) is 9.69. The van der Waals surface area contributed by atoms with Gasteiger partial charge in [0.1, 0.15) is 0 Å². The predicted octanol–water partition coefficient (Wildman–Crippen LogP) is 2.03. The van der Waals surface area contributed by atoms with Crippen molar-refractivity contribution in [3.63, 3.8) is 0 Å². The Kier molecular flexibility index (Phi) is 5.48. The van der Waals surface area contributed by atoms with Crippen LogP contribution in [0, 0.1) is 0 Å². The van der Waals surface area contributed by atoms with Crippen molar-refractivity contribution in [1.29, 1.82) is 0 Å². The number of hydrogen-bond acceptors (Lipinski definition) is 4. The zero-order valence-electron chi connectivity index (χ0n) is 13.7. The summed E-state index contributed by atoms with van der Waals surface area (Å²) in [5.74, 6) is 1.70. The summed E-state index contributed by atoms with van der Waals surface area (Å²) >= 11 is 6.03. The molecular formula is C17H21ClN6. The molecule has 3 rings (SSSR count). The quantitative estimate of drug-likeness (QED) is 0.682. The van der Waals surface area contributed by atoms with Crippen LogP contribution < -0.4 is 10.2 Å². The first-order valence-electron chi connectivity index (χ1n) is 7.98. The summed E-state index contributed by atoms with van der Waals surface area (Å²) in [7, 11) is 1.81. The summed E-state index contributed by atoms with van der Waals surface area (Å²) in [4.78, 5) is 17.5. The van der Waals surface area contributed by atoms with Gasteiger partial charge in [0.15, 0.2) is 5.96 Å². The minimum atomic E-state index is 0.704. The topological polar surface area (TPSA) is 56.7 Å². The molecule has 2 heterocycles. The van der Waals surface area contributed by atoms with E-state index in [-0.39, 0.29) is 0 Å². The van der Waals surface area contributed by atoms with E-state index in [0.717, 1.165) is 48.7 Å². The monoisotopic (exact) mass is 344 g/mol. The molecule has 7 heteroatoms. The number of nitrogens with one attached hydrogen (secondary N) is 1. The highest BCUT2D eigenvalue weighted by atomic mass is 35.5. The fraction of sp³-hybridized carbons (Fsp3) is 0.353. The van der Waals surface area contributed by atoms with Gasteiger partial charge >= 0.3 is 0 Å². The van der Waals surface area contributed by atoms with Crippen LogP contribution in [0.5, 0.6) is 0 Å². The average molecular weight is 345 g/mol. The van der Waals surface area contributed by atoms with Crippen LogP contribution in [0.4, 0.5) is 5.95 Å². The van der Waals surface area contributed by atoms with Crippen LogP contribution in [-0.2, 0) is 6.54 Å². The van der Waals surface area contributed by atoms with E-state index in [1.54, 1.807) is 12.4 Å². The first-order chi connectivity index (χ1) is 11.8. The number of benzene rings is 1. The van der Waals surface area contributed by atoms with E-state index in [1.165, 1.54) is 0 Å². The second-order valence-corrected chi connectivity index (χ2v) is 5.99.